The molecule has 138 valence electrons. The summed E-state index contributed by atoms with van der Waals surface area (Å²) in [5.41, 5.74) is 5.14. The Kier molecular flexibility index (Phi) is 4.11. The van der Waals surface area contributed by atoms with Crippen LogP contribution in [-0.2, 0) is 0 Å². The minimum absolute atomic E-state index is 0.101. The highest BCUT2D eigenvalue weighted by atomic mass is 16.3. The Bertz CT molecular complexity index is 1050. The van der Waals surface area contributed by atoms with Crippen LogP contribution < -0.4 is 15.5 Å². The summed E-state index contributed by atoms with van der Waals surface area (Å²) < 4.78 is 5.89. The Morgan fingerprint density at radius 1 is 1.07 bits per heavy atom. The van der Waals surface area contributed by atoms with Gasteiger partial charge in [0.05, 0.1) is 0 Å². The van der Waals surface area contributed by atoms with Gasteiger partial charge in [-0.2, -0.15) is 0 Å². The molecule has 0 unspecified atom stereocenters. The number of anilines is 2. The number of hydrogen-bond acceptors (Lipinski definition) is 3. The van der Waals surface area contributed by atoms with Crippen LogP contribution >= 0.6 is 0 Å². The maximum atomic E-state index is 12.7. The van der Waals surface area contributed by atoms with Gasteiger partial charge in [-0.05, 0) is 56.2 Å². The normalized spacial score (nSPS) is 13.9. The first-order valence-corrected chi connectivity index (χ1v) is 8.92. The molecule has 1 aromatic heterocycles. The average molecular weight is 363 g/mol. The number of rotatable bonds is 3. The lowest BCUT2D eigenvalue weighted by molar-refractivity contribution is 0.0998. The first kappa shape index (κ1) is 17.1. The predicted molar refractivity (Wildman–Crippen MR) is 106 cm³/mol. The molecular weight excluding hydrogens is 342 g/mol. The number of fused-ring (bicyclic) bond motifs is 1. The van der Waals surface area contributed by atoms with Crippen molar-refractivity contribution in [2.75, 3.05) is 23.3 Å². The summed E-state index contributed by atoms with van der Waals surface area (Å²) in [6, 6.07) is 11.1. The summed E-state index contributed by atoms with van der Waals surface area (Å²) in [7, 11) is 0. The minimum atomic E-state index is -0.283. The van der Waals surface area contributed by atoms with E-state index in [-0.39, 0.29) is 11.9 Å². The van der Waals surface area contributed by atoms with Gasteiger partial charge >= 0.3 is 6.03 Å². The molecule has 4 rings (SSSR count). The molecule has 27 heavy (non-hydrogen) atoms. The Morgan fingerprint density at radius 3 is 2.41 bits per heavy atom. The highest BCUT2D eigenvalue weighted by molar-refractivity contribution is 6.07. The third-order valence-electron chi connectivity index (χ3n) is 4.98. The van der Waals surface area contributed by atoms with Gasteiger partial charge in [-0.15, -0.1) is 0 Å². The zero-order valence-corrected chi connectivity index (χ0v) is 15.6. The first-order valence-electron chi connectivity index (χ1n) is 8.92. The van der Waals surface area contributed by atoms with Gasteiger partial charge in [0.25, 0.3) is 5.91 Å². The monoisotopic (exact) mass is 363 g/mol. The third kappa shape index (κ3) is 2.93. The molecule has 0 bridgehead atoms. The molecule has 3 amide bonds. The van der Waals surface area contributed by atoms with E-state index in [0.29, 0.717) is 24.5 Å². The number of aryl methyl sites for hydroxylation is 3. The third-order valence-corrected chi connectivity index (χ3v) is 4.98. The van der Waals surface area contributed by atoms with Crippen molar-refractivity contribution in [3.8, 4) is 0 Å². The van der Waals surface area contributed by atoms with E-state index in [1.807, 2.05) is 45.0 Å². The van der Waals surface area contributed by atoms with Gasteiger partial charge in [-0.1, -0.05) is 12.1 Å². The van der Waals surface area contributed by atoms with Crippen LogP contribution in [-0.4, -0.2) is 25.0 Å². The molecule has 0 saturated carbocycles. The summed E-state index contributed by atoms with van der Waals surface area (Å²) in [6.45, 7) is 7.17. The van der Waals surface area contributed by atoms with Crippen molar-refractivity contribution in [1.29, 1.82) is 0 Å². The first-order chi connectivity index (χ1) is 13.0. The van der Waals surface area contributed by atoms with Gasteiger partial charge in [-0.3, -0.25) is 9.69 Å². The predicted octanol–water partition coefficient (Wildman–Crippen LogP) is 4.14. The van der Waals surface area contributed by atoms with Crippen molar-refractivity contribution in [3.05, 3.63) is 58.8 Å². The van der Waals surface area contributed by atoms with Crippen LogP contribution in [0.5, 0.6) is 0 Å². The van der Waals surface area contributed by atoms with E-state index in [4.69, 9.17) is 4.42 Å². The van der Waals surface area contributed by atoms with Crippen molar-refractivity contribution in [2.45, 2.75) is 20.8 Å². The van der Waals surface area contributed by atoms with E-state index in [1.165, 1.54) is 0 Å². The average Bonchev–Trinajstić information content (AvgIpc) is 3.23. The zero-order chi connectivity index (χ0) is 19.1. The van der Waals surface area contributed by atoms with E-state index in [9.17, 15) is 9.59 Å². The number of carbonyl (C=O) groups excluding carboxylic acids is 2. The SMILES string of the molecule is Cc1ccc(C)c2c(C)c(C(=O)Nc3ccc(N4CCNC4=O)cc3)oc12. The van der Waals surface area contributed by atoms with E-state index >= 15 is 0 Å². The number of urea groups is 1. The highest BCUT2D eigenvalue weighted by Crippen LogP contribution is 2.31. The van der Waals surface area contributed by atoms with E-state index in [0.717, 1.165) is 33.3 Å². The van der Waals surface area contributed by atoms with Crippen molar-refractivity contribution < 1.29 is 14.0 Å². The second-order valence-corrected chi connectivity index (χ2v) is 6.84. The fraction of sp³-hybridized carbons (Fsp3) is 0.238. The van der Waals surface area contributed by atoms with Crippen molar-refractivity contribution in [1.82, 2.24) is 5.32 Å². The molecule has 2 heterocycles. The fourth-order valence-electron chi connectivity index (χ4n) is 3.52. The standard InChI is InChI=1S/C21H21N3O3/c1-12-4-5-13(2)18-17(12)14(3)19(27-18)20(25)23-15-6-8-16(9-7-15)24-11-10-22-21(24)26/h4-9H,10-11H2,1-3H3,(H,22,26)(H,23,25). The van der Waals surface area contributed by atoms with Gasteiger partial charge < -0.3 is 15.1 Å². The minimum Gasteiger partial charge on any atom is -0.450 e. The lowest BCUT2D eigenvalue weighted by Crippen LogP contribution is -2.27. The molecule has 0 radical (unpaired) electrons. The number of amides is 3. The molecule has 0 atom stereocenters. The smallest absolute Gasteiger partial charge is 0.321 e. The fourth-order valence-corrected chi connectivity index (χ4v) is 3.52. The molecule has 6 heteroatoms. The number of carbonyl (C=O) groups is 2. The molecule has 1 saturated heterocycles. The van der Waals surface area contributed by atoms with Gasteiger partial charge in [0.2, 0.25) is 0 Å². The maximum Gasteiger partial charge on any atom is 0.321 e. The number of furan rings is 1. The summed E-state index contributed by atoms with van der Waals surface area (Å²) in [5.74, 6) is 0.0413. The second kappa shape index (κ2) is 6.46. The van der Waals surface area contributed by atoms with E-state index in [2.05, 4.69) is 10.6 Å². The second-order valence-electron chi connectivity index (χ2n) is 6.84. The summed E-state index contributed by atoms with van der Waals surface area (Å²) in [4.78, 5) is 26.1. The molecular formula is C21H21N3O3. The Labute approximate surface area is 157 Å². The van der Waals surface area contributed by atoms with E-state index < -0.39 is 0 Å². The van der Waals surface area contributed by atoms with Crippen LogP contribution in [0.25, 0.3) is 11.0 Å². The summed E-state index contributed by atoms with van der Waals surface area (Å²) in [5, 5.41) is 6.64. The van der Waals surface area contributed by atoms with Crippen LogP contribution in [0.15, 0.2) is 40.8 Å². The molecule has 2 N–H and O–H groups in total. The zero-order valence-electron chi connectivity index (χ0n) is 15.6. The molecule has 1 fully saturated rings. The molecule has 3 aromatic rings. The lowest BCUT2D eigenvalue weighted by atomic mass is 10.0. The Morgan fingerprint density at radius 2 is 1.78 bits per heavy atom. The lowest BCUT2D eigenvalue weighted by Gasteiger charge is -2.14. The summed E-state index contributed by atoms with van der Waals surface area (Å²) in [6.07, 6.45) is 0. The van der Waals surface area contributed by atoms with Crippen molar-refractivity contribution >= 4 is 34.3 Å². The molecule has 1 aliphatic rings. The number of benzene rings is 2. The molecule has 2 aromatic carbocycles. The molecule has 1 aliphatic heterocycles. The molecule has 0 spiro atoms. The molecule has 6 nitrogen and oxygen atoms in total. The summed E-state index contributed by atoms with van der Waals surface area (Å²) >= 11 is 0. The quantitative estimate of drug-likeness (QED) is 0.734. The number of nitrogens with one attached hydrogen (secondary N) is 2. The molecule has 0 aliphatic carbocycles. The number of nitrogens with zero attached hydrogens (tertiary/aromatic N) is 1. The van der Waals surface area contributed by atoms with Crippen LogP contribution in [0.3, 0.4) is 0 Å². The van der Waals surface area contributed by atoms with Gasteiger partial charge in [0.1, 0.15) is 5.58 Å². The number of hydrogen-bond donors (Lipinski definition) is 2. The van der Waals surface area contributed by atoms with Gasteiger partial charge in [0, 0.05) is 35.4 Å². The maximum absolute atomic E-state index is 12.7. The van der Waals surface area contributed by atoms with Gasteiger partial charge in [0.15, 0.2) is 5.76 Å². The van der Waals surface area contributed by atoms with Crippen LogP contribution in [0, 0.1) is 20.8 Å². The van der Waals surface area contributed by atoms with Crippen LogP contribution in [0.1, 0.15) is 27.2 Å². The topological polar surface area (TPSA) is 74.6 Å². The van der Waals surface area contributed by atoms with E-state index in [1.54, 1.807) is 17.0 Å². The largest absolute Gasteiger partial charge is 0.450 e. The van der Waals surface area contributed by atoms with Crippen LogP contribution in [0.2, 0.25) is 0 Å². The Balaban J connectivity index is 1.58. The highest BCUT2D eigenvalue weighted by Gasteiger charge is 2.22. The van der Waals surface area contributed by atoms with Gasteiger partial charge in [-0.25, -0.2) is 4.79 Å². The van der Waals surface area contributed by atoms with Crippen molar-refractivity contribution in [3.63, 3.8) is 0 Å². The van der Waals surface area contributed by atoms with Crippen LogP contribution in [0.4, 0.5) is 16.2 Å². The van der Waals surface area contributed by atoms with Crippen molar-refractivity contribution in [2.24, 2.45) is 0 Å². The Hall–Kier alpha value is -3.28.